The zero-order valence-electron chi connectivity index (χ0n) is 14.0. The van der Waals surface area contributed by atoms with Crippen molar-refractivity contribution in [1.29, 1.82) is 0 Å². The first-order valence-electron chi connectivity index (χ1n) is 8.42. The molecule has 0 heterocycles. The minimum atomic E-state index is -0.426. The van der Waals surface area contributed by atoms with E-state index in [9.17, 15) is 0 Å². The zero-order valence-corrected chi connectivity index (χ0v) is 14.0. The fraction of sp³-hybridized carbons (Fsp3) is 0.778. The molecular weight excluding hydrogens is 264 g/mol. The van der Waals surface area contributed by atoms with Gasteiger partial charge in [0.1, 0.15) is 0 Å². The third-order valence-electron chi connectivity index (χ3n) is 3.21. The molecule has 0 rings (SSSR count). The highest BCUT2D eigenvalue weighted by Crippen LogP contribution is 2.08. The fourth-order valence-corrected chi connectivity index (χ4v) is 1.91. The molecule has 0 aliphatic heterocycles. The Morgan fingerprint density at radius 2 is 1.14 bits per heavy atom. The van der Waals surface area contributed by atoms with Gasteiger partial charge in [-0.3, -0.25) is 0 Å². The normalized spacial score (nSPS) is 13.8. The Balaban J connectivity index is 3.78. The van der Waals surface area contributed by atoms with E-state index in [1.165, 1.54) is 38.5 Å². The van der Waals surface area contributed by atoms with Crippen LogP contribution in [-0.4, -0.2) is 25.8 Å². The van der Waals surface area contributed by atoms with E-state index in [0.717, 1.165) is 12.8 Å². The minimum Gasteiger partial charge on any atom is -0.349 e. The highest BCUT2D eigenvalue weighted by Gasteiger charge is 2.12. The van der Waals surface area contributed by atoms with Crippen LogP contribution in [0.25, 0.3) is 0 Å². The lowest BCUT2D eigenvalue weighted by Crippen LogP contribution is -2.24. The van der Waals surface area contributed by atoms with Crippen LogP contribution in [-0.2, 0) is 14.2 Å². The van der Waals surface area contributed by atoms with E-state index in [0.29, 0.717) is 13.2 Å². The highest BCUT2D eigenvalue weighted by atomic mass is 16.8. The van der Waals surface area contributed by atoms with E-state index in [1.807, 2.05) is 0 Å². The summed E-state index contributed by atoms with van der Waals surface area (Å²) in [5.74, 6) is 0. The lowest BCUT2D eigenvalue weighted by Gasteiger charge is -2.21. The number of hydrogen-bond donors (Lipinski definition) is 0. The fourth-order valence-electron chi connectivity index (χ4n) is 1.91. The van der Waals surface area contributed by atoms with Crippen LogP contribution in [0.5, 0.6) is 0 Å². The lowest BCUT2D eigenvalue weighted by molar-refractivity contribution is -0.207. The predicted molar refractivity (Wildman–Crippen MR) is 89.2 cm³/mol. The smallest absolute Gasteiger partial charge is 0.179 e. The van der Waals surface area contributed by atoms with Crippen molar-refractivity contribution in [2.45, 2.75) is 77.8 Å². The van der Waals surface area contributed by atoms with Gasteiger partial charge in [0, 0.05) is 0 Å². The van der Waals surface area contributed by atoms with Crippen molar-refractivity contribution in [3.05, 3.63) is 25.3 Å². The first-order chi connectivity index (χ1) is 10.3. The average Bonchev–Trinajstić information content (AvgIpc) is 2.51. The molecule has 2 unspecified atom stereocenters. The average molecular weight is 298 g/mol. The third kappa shape index (κ3) is 12.8. The number of rotatable bonds is 16. The summed E-state index contributed by atoms with van der Waals surface area (Å²) in [6, 6.07) is 0. The van der Waals surface area contributed by atoms with Crippen molar-refractivity contribution in [1.82, 2.24) is 0 Å². The van der Waals surface area contributed by atoms with Crippen LogP contribution in [0, 0.1) is 0 Å². The second-order valence-corrected chi connectivity index (χ2v) is 5.21. The van der Waals surface area contributed by atoms with Gasteiger partial charge in [0.05, 0.1) is 13.2 Å². The maximum absolute atomic E-state index is 5.68. The van der Waals surface area contributed by atoms with Gasteiger partial charge in [-0.1, -0.05) is 65.5 Å². The summed E-state index contributed by atoms with van der Waals surface area (Å²) >= 11 is 0. The molecule has 3 nitrogen and oxygen atoms in total. The van der Waals surface area contributed by atoms with E-state index in [2.05, 4.69) is 27.0 Å². The van der Waals surface area contributed by atoms with Crippen LogP contribution in [0.15, 0.2) is 25.3 Å². The monoisotopic (exact) mass is 298 g/mol. The largest absolute Gasteiger partial charge is 0.349 e. The topological polar surface area (TPSA) is 27.7 Å². The molecular formula is C18H34O3. The molecule has 0 spiro atoms. The molecule has 0 N–H and O–H groups in total. The molecule has 3 heteroatoms. The van der Waals surface area contributed by atoms with Crippen LogP contribution in [0.4, 0.5) is 0 Å². The minimum absolute atomic E-state index is 0.426. The Bertz CT molecular complexity index is 217. The van der Waals surface area contributed by atoms with Gasteiger partial charge in [-0.05, 0) is 25.0 Å². The van der Waals surface area contributed by atoms with Gasteiger partial charge in [-0.25, -0.2) is 0 Å². The van der Waals surface area contributed by atoms with Crippen molar-refractivity contribution in [2.24, 2.45) is 0 Å². The summed E-state index contributed by atoms with van der Waals surface area (Å²) < 4.78 is 17.0. The van der Waals surface area contributed by atoms with Crippen LogP contribution < -0.4 is 0 Å². The number of unbranched alkanes of at least 4 members (excludes halogenated alkanes) is 6. The molecule has 0 saturated heterocycles. The van der Waals surface area contributed by atoms with Gasteiger partial charge in [-0.15, -0.1) is 0 Å². The standard InChI is InChI=1S/C18H34O3/c1-5-9-11-13-15-19-17(7-3)21-18(8-4)20-16-14-12-10-6-2/h7-8,17-18H,3-6,9-16H2,1-2H3. The van der Waals surface area contributed by atoms with Crippen LogP contribution in [0.3, 0.4) is 0 Å². The predicted octanol–water partition coefficient (Wildman–Crippen LogP) is 5.22. The lowest BCUT2D eigenvalue weighted by atomic mass is 10.2. The number of ether oxygens (including phenoxy) is 3. The first-order valence-corrected chi connectivity index (χ1v) is 8.42. The summed E-state index contributed by atoms with van der Waals surface area (Å²) in [6.07, 6.45) is 11.9. The molecule has 124 valence electrons. The molecule has 0 saturated carbocycles. The Kier molecular flexibility index (Phi) is 15.3. The van der Waals surface area contributed by atoms with E-state index in [4.69, 9.17) is 14.2 Å². The molecule has 0 bridgehead atoms. The summed E-state index contributed by atoms with van der Waals surface area (Å²) in [7, 11) is 0. The van der Waals surface area contributed by atoms with Crippen molar-refractivity contribution >= 4 is 0 Å². The van der Waals surface area contributed by atoms with Crippen LogP contribution >= 0.6 is 0 Å². The molecule has 0 fully saturated rings. The molecule has 0 aliphatic rings. The molecule has 2 atom stereocenters. The Morgan fingerprint density at radius 1 is 0.714 bits per heavy atom. The van der Waals surface area contributed by atoms with Crippen LogP contribution in [0.1, 0.15) is 65.2 Å². The van der Waals surface area contributed by atoms with E-state index < -0.39 is 12.6 Å². The maximum atomic E-state index is 5.68. The molecule has 0 aromatic heterocycles. The highest BCUT2D eigenvalue weighted by molar-refractivity contribution is 4.78. The van der Waals surface area contributed by atoms with E-state index in [-0.39, 0.29) is 0 Å². The number of hydrogen-bond acceptors (Lipinski definition) is 3. The molecule has 0 radical (unpaired) electrons. The Hall–Kier alpha value is -0.640. The van der Waals surface area contributed by atoms with Gasteiger partial charge in [0.2, 0.25) is 0 Å². The summed E-state index contributed by atoms with van der Waals surface area (Å²) in [6.45, 7) is 13.3. The summed E-state index contributed by atoms with van der Waals surface area (Å²) in [5.41, 5.74) is 0. The third-order valence-corrected chi connectivity index (χ3v) is 3.21. The maximum Gasteiger partial charge on any atom is 0.179 e. The molecule has 0 aliphatic carbocycles. The van der Waals surface area contributed by atoms with Gasteiger partial charge < -0.3 is 14.2 Å². The molecule has 0 amide bonds. The molecule has 0 aromatic carbocycles. The van der Waals surface area contributed by atoms with E-state index >= 15 is 0 Å². The van der Waals surface area contributed by atoms with Crippen molar-refractivity contribution < 1.29 is 14.2 Å². The summed E-state index contributed by atoms with van der Waals surface area (Å²) in [4.78, 5) is 0. The second kappa shape index (κ2) is 15.7. The van der Waals surface area contributed by atoms with Gasteiger partial charge in [0.15, 0.2) is 12.6 Å². The van der Waals surface area contributed by atoms with Crippen molar-refractivity contribution in [3.8, 4) is 0 Å². The van der Waals surface area contributed by atoms with Crippen molar-refractivity contribution in [2.75, 3.05) is 13.2 Å². The first kappa shape index (κ1) is 20.4. The van der Waals surface area contributed by atoms with Crippen LogP contribution in [0.2, 0.25) is 0 Å². The Labute approximate surface area is 131 Å². The Morgan fingerprint density at radius 3 is 1.48 bits per heavy atom. The van der Waals surface area contributed by atoms with Gasteiger partial charge in [0.25, 0.3) is 0 Å². The van der Waals surface area contributed by atoms with Crippen molar-refractivity contribution in [3.63, 3.8) is 0 Å². The molecule has 21 heavy (non-hydrogen) atoms. The zero-order chi connectivity index (χ0) is 15.8. The SMILES string of the molecule is C=CC(OCCCCCC)OC(C=C)OCCCCCC. The molecule has 0 aromatic rings. The summed E-state index contributed by atoms with van der Waals surface area (Å²) in [5, 5.41) is 0. The second-order valence-electron chi connectivity index (χ2n) is 5.21. The van der Waals surface area contributed by atoms with E-state index in [1.54, 1.807) is 12.2 Å². The van der Waals surface area contributed by atoms with Gasteiger partial charge >= 0.3 is 0 Å². The quantitative estimate of drug-likeness (QED) is 0.222. The van der Waals surface area contributed by atoms with Gasteiger partial charge in [-0.2, -0.15) is 0 Å².